The van der Waals surface area contributed by atoms with Gasteiger partial charge in [0.1, 0.15) is 17.1 Å². The molecule has 1 aromatic heterocycles. The van der Waals surface area contributed by atoms with Gasteiger partial charge in [0, 0.05) is 34.3 Å². The molecule has 0 fully saturated rings. The van der Waals surface area contributed by atoms with Crippen LogP contribution < -0.4 is 20.1 Å². The van der Waals surface area contributed by atoms with E-state index in [1.54, 1.807) is 55.3 Å². The number of rotatable bonds is 8. The maximum atomic E-state index is 13.8. The highest BCUT2D eigenvalue weighted by molar-refractivity contribution is 7.14. The summed E-state index contributed by atoms with van der Waals surface area (Å²) in [6.07, 6.45) is -5.82. The van der Waals surface area contributed by atoms with Gasteiger partial charge >= 0.3 is 18.4 Å². The second-order valence-corrected chi connectivity index (χ2v) is 13.9. The van der Waals surface area contributed by atoms with Gasteiger partial charge in [-0.1, -0.05) is 18.2 Å². The molecule has 0 spiro atoms. The van der Waals surface area contributed by atoms with Crippen LogP contribution in [0.15, 0.2) is 66.0 Å². The number of aromatic nitrogens is 1. The molecular formula is C36H39F3N4O6S. The first-order chi connectivity index (χ1) is 23.3. The Kier molecular flexibility index (Phi) is 11.2. The first-order valence-corrected chi connectivity index (χ1v) is 16.4. The lowest BCUT2D eigenvalue weighted by Gasteiger charge is -2.33. The maximum Gasteiger partial charge on any atom is 0.416 e. The van der Waals surface area contributed by atoms with Gasteiger partial charge in [-0.05, 0) is 96.5 Å². The van der Waals surface area contributed by atoms with E-state index in [0.717, 1.165) is 23.5 Å². The molecule has 4 rings (SSSR count). The number of benzene rings is 3. The van der Waals surface area contributed by atoms with Crippen LogP contribution in [-0.4, -0.2) is 52.8 Å². The molecule has 1 heterocycles. The quantitative estimate of drug-likeness (QED) is 0.187. The van der Waals surface area contributed by atoms with E-state index in [2.05, 4.69) is 15.6 Å². The average molecular weight is 713 g/mol. The van der Waals surface area contributed by atoms with Gasteiger partial charge in [0.15, 0.2) is 5.13 Å². The molecule has 10 nitrogen and oxygen atoms in total. The Balaban J connectivity index is 1.72. The third-order valence-corrected chi connectivity index (χ3v) is 7.92. The minimum atomic E-state index is -4.52. The first kappa shape index (κ1) is 37.7. The Morgan fingerprint density at radius 1 is 0.900 bits per heavy atom. The number of ether oxygens (including phenoxy) is 3. The summed E-state index contributed by atoms with van der Waals surface area (Å²) in [5.41, 5.74) is -0.342. The van der Waals surface area contributed by atoms with E-state index in [1.165, 1.54) is 31.4 Å². The Labute approximate surface area is 292 Å². The monoisotopic (exact) mass is 712 g/mol. The lowest BCUT2D eigenvalue weighted by Crippen LogP contribution is -2.46. The van der Waals surface area contributed by atoms with Gasteiger partial charge in [0.05, 0.1) is 23.9 Å². The summed E-state index contributed by atoms with van der Waals surface area (Å²) < 4.78 is 56.4. The van der Waals surface area contributed by atoms with E-state index >= 15 is 0 Å². The molecule has 50 heavy (non-hydrogen) atoms. The molecule has 14 heteroatoms. The van der Waals surface area contributed by atoms with Crippen LogP contribution in [0.4, 0.5) is 33.6 Å². The summed E-state index contributed by atoms with van der Waals surface area (Å²) in [7, 11) is 1.40. The molecule has 0 aliphatic carbocycles. The number of nitrogens with one attached hydrogen (secondary N) is 2. The van der Waals surface area contributed by atoms with E-state index in [9.17, 15) is 27.6 Å². The molecule has 266 valence electrons. The highest BCUT2D eigenvalue weighted by atomic mass is 32.1. The van der Waals surface area contributed by atoms with Crippen LogP contribution in [0.2, 0.25) is 0 Å². The number of carbonyl (C=O) groups excluding carboxylic acids is 3. The molecule has 3 aromatic carbocycles. The number of methoxy groups -OCH3 is 1. The van der Waals surface area contributed by atoms with Crippen LogP contribution in [0.25, 0.3) is 22.4 Å². The minimum absolute atomic E-state index is 0.141. The Hall–Kier alpha value is -5.11. The molecule has 0 unspecified atom stereocenters. The third-order valence-electron chi connectivity index (χ3n) is 7.16. The number of halogens is 3. The lowest BCUT2D eigenvalue weighted by atomic mass is 9.96. The molecule has 0 aliphatic heterocycles. The lowest BCUT2D eigenvalue weighted by molar-refractivity contribution is -0.137. The summed E-state index contributed by atoms with van der Waals surface area (Å²) in [5.74, 6) is -0.145. The fraction of sp³-hybridized carbons (Fsp3) is 0.333. The molecular weight excluding hydrogens is 673 g/mol. The number of nitrogens with zero attached hydrogens (tertiary/aromatic N) is 2. The predicted octanol–water partition coefficient (Wildman–Crippen LogP) is 9.72. The van der Waals surface area contributed by atoms with Gasteiger partial charge in [-0.2, -0.15) is 13.2 Å². The Morgan fingerprint density at radius 2 is 1.58 bits per heavy atom. The van der Waals surface area contributed by atoms with E-state index in [0.29, 0.717) is 34.6 Å². The maximum absolute atomic E-state index is 13.8. The average Bonchev–Trinajstić information content (AvgIpc) is 3.47. The van der Waals surface area contributed by atoms with Gasteiger partial charge in [-0.3, -0.25) is 10.1 Å². The van der Waals surface area contributed by atoms with Crippen molar-refractivity contribution in [1.29, 1.82) is 0 Å². The van der Waals surface area contributed by atoms with Crippen LogP contribution in [0.5, 0.6) is 11.5 Å². The molecule has 0 aliphatic rings. The molecule has 0 atom stereocenters. The SMILES string of the molecule is CCN(C(=O)Oc1ccc(NC(=O)c2cccc(OC)c2-c2ccc(C(F)(F)F)cc2)cc1-c1csc(NC(=O)OC(C)(C)C)n1)C(C)(C)C. The largest absolute Gasteiger partial charge is 0.496 e. The fourth-order valence-corrected chi connectivity index (χ4v) is 5.68. The molecule has 0 radical (unpaired) electrons. The normalized spacial score (nSPS) is 11.8. The van der Waals surface area contributed by atoms with Gasteiger partial charge in [0.25, 0.3) is 5.91 Å². The predicted molar refractivity (Wildman–Crippen MR) is 187 cm³/mol. The van der Waals surface area contributed by atoms with Crippen molar-refractivity contribution in [3.8, 4) is 33.9 Å². The van der Waals surface area contributed by atoms with E-state index in [-0.39, 0.29) is 22.2 Å². The standard InChI is InChI=1S/C36H39F3N4O6S/c1-9-43(34(2,3)4)33(46)48-27-18-17-23(19-25(27)26-20-50-31(41-26)42-32(45)49-35(5,6)7)40-30(44)24-11-10-12-28(47-8)29(24)21-13-15-22(16-14-21)36(37,38)39/h10-20H,9H2,1-8H3,(H,40,44)(H,41,42,45). The first-order valence-electron chi connectivity index (χ1n) is 15.6. The number of anilines is 2. The minimum Gasteiger partial charge on any atom is -0.496 e. The van der Waals surface area contributed by atoms with E-state index < -0.39 is 41.0 Å². The second kappa shape index (κ2) is 14.8. The highest BCUT2D eigenvalue weighted by Gasteiger charge is 2.31. The van der Waals surface area contributed by atoms with Gasteiger partial charge in [-0.25, -0.2) is 14.6 Å². The van der Waals surface area contributed by atoms with Crippen LogP contribution >= 0.6 is 11.3 Å². The molecule has 0 saturated carbocycles. The highest BCUT2D eigenvalue weighted by Crippen LogP contribution is 2.38. The summed E-state index contributed by atoms with van der Waals surface area (Å²) in [6.45, 7) is 13.0. The fourth-order valence-electron chi connectivity index (χ4n) is 4.98. The van der Waals surface area contributed by atoms with Crippen LogP contribution in [0.1, 0.15) is 64.4 Å². The Morgan fingerprint density at radius 3 is 2.16 bits per heavy atom. The molecule has 0 bridgehead atoms. The molecule has 0 saturated heterocycles. The van der Waals surface area contributed by atoms with E-state index in [4.69, 9.17) is 14.2 Å². The third kappa shape index (κ3) is 9.31. The van der Waals surface area contributed by atoms with Crippen molar-refractivity contribution in [3.05, 3.63) is 77.2 Å². The summed E-state index contributed by atoms with van der Waals surface area (Å²) in [5, 5.41) is 7.30. The van der Waals surface area contributed by atoms with Crippen molar-refractivity contribution in [2.75, 3.05) is 24.3 Å². The number of carbonyl (C=O) groups is 3. The number of hydrogen-bond acceptors (Lipinski definition) is 8. The van der Waals surface area contributed by atoms with Crippen molar-refractivity contribution in [3.63, 3.8) is 0 Å². The zero-order valence-electron chi connectivity index (χ0n) is 28.9. The van der Waals surface area contributed by atoms with Crippen molar-refractivity contribution in [2.24, 2.45) is 0 Å². The zero-order valence-corrected chi connectivity index (χ0v) is 29.8. The summed E-state index contributed by atoms with van der Waals surface area (Å²) in [4.78, 5) is 45.5. The van der Waals surface area contributed by atoms with Gasteiger partial charge < -0.3 is 24.4 Å². The van der Waals surface area contributed by atoms with Crippen molar-refractivity contribution >= 4 is 40.2 Å². The summed E-state index contributed by atoms with van der Waals surface area (Å²) >= 11 is 1.12. The topological polar surface area (TPSA) is 119 Å². The van der Waals surface area contributed by atoms with Crippen molar-refractivity contribution < 1.29 is 41.8 Å². The van der Waals surface area contributed by atoms with Gasteiger partial charge in [-0.15, -0.1) is 11.3 Å². The summed E-state index contributed by atoms with van der Waals surface area (Å²) in [6, 6.07) is 13.8. The molecule has 2 N–H and O–H groups in total. The zero-order chi connectivity index (χ0) is 37.0. The number of amides is 3. The smallest absolute Gasteiger partial charge is 0.416 e. The second-order valence-electron chi connectivity index (χ2n) is 13.1. The van der Waals surface area contributed by atoms with Crippen LogP contribution in [0, 0.1) is 0 Å². The van der Waals surface area contributed by atoms with E-state index in [1.807, 2.05) is 27.7 Å². The Bertz CT molecular complexity index is 1860. The number of hydrogen-bond donors (Lipinski definition) is 2. The van der Waals surface area contributed by atoms with Crippen molar-refractivity contribution in [2.45, 2.75) is 65.8 Å². The number of alkyl halides is 3. The van der Waals surface area contributed by atoms with Gasteiger partial charge in [0.2, 0.25) is 0 Å². The van der Waals surface area contributed by atoms with Crippen LogP contribution in [0.3, 0.4) is 0 Å². The number of thiazole rings is 1. The van der Waals surface area contributed by atoms with Crippen LogP contribution in [-0.2, 0) is 10.9 Å². The molecule has 4 aromatic rings. The molecule has 3 amide bonds. The van der Waals surface area contributed by atoms with Crippen molar-refractivity contribution in [1.82, 2.24) is 9.88 Å².